The molecule has 2 amide bonds. The number of hydrogen-bond acceptors (Lipinski definition) is 6. The molecular formula is C29H29N3O6S. The molecule has 3 atom stereocenters. The summed E-state index contributed by atoms with van der Waals surface area (Å²) in [7, 11) is -4.51. The van der Waals surface area contributed by atoms with Crippen LogP contribution in [-0.2, 0) is 19.6 Å². The molecule has 10 heteroatoms. The Morgan fingerprint density at radius 3 is 2.31 bits per heavy atom. The van der Waals surface area contributed by atoms with Crippen molar-refractivity contribution in [1.82, 2.24) is 14.0 Å². The van der Waals surface area contributed by atoms with Crippen molar-refractivity contribution >= 4 is 44.4 Å². The van der Waals surface area contributed by atoms with E-state index in [9.17, 15) is 27.6 Å². The fourth-order valence-corrected chi connectivity index (χ4v) is 8.74. The van der Waals surface area contributed by atoms with Gasteiger partial charge in [0, 0.05) is 18.5 Å². The molecule has 39 heavy (non-hydrogen) atoms. The van der Waals surface area contributed by atoms with Crippen LogP contribution < -0.4 is 0 Å². The molecule has 1 aromatic heterocycles. The molecular weight excluding hydrogens is 518 g/mol. The number of carbonyl (C=O) groups excluding carboxylic acids is 4. The Hall–Kier alpha value is -3.79. The molecule has 0 N–H and O–H groups in total. The maximum atomic E-state index is 14.2. The first-order valence-electron chi connectivity index (χ1n) is 13.0. The van der Waals surface area contributed by atoms with Crippen LogP contribution in [0.5, 0.6) is 0 Å². The van der Waals surface area contributed by atoms with Crippen LogP contribution in [-0.4, -0.2) is 52.0 Å². The minimum absolute atomic E-state index is 0.0192. The van der Waals surface area contributed by atoms with E-state index in [0.717, 1.165) is 17.0 Å². The van der Waals surface area contributed by atoms with Crippen LogP contribution >= 0.6 is 0 Å². The van der Waals surface area contributed by atoms with Gasteiger partial charge in [-0.05, 0) is 55.7 Å². The van der Waals surface area contributed by atoms with Crippen LogP contribution in [0.4, 0.5) is 0 Å². The summed E-state index contributed by atoms with van der Waals surface area (Å²) in [4.78, 5) is 54.3. The number of hydrogen-bond donors (Lipinski definition) is 0. The van der Waals surface area contributed by atoms with Crippen molar-refractivity contribution in [3.63, 3.8) is 0 Å². The predicted molar refractivity (Wildman–Crippen MR) is 142 cm³/mol. The first kappa shape index (κ1) is 25.5. The number of hydrazine groups is 1. The van der Waals surface area contributed by atoms with Gasteiger partial charge in [-0.1, -0.05) is 49.7 Å². The Balaban J connectivity index is 1.51. The number of benzene rings is 2. The molecule has 2 bridgehead atoms. The Morgan fingerprint density at radius 2 is 1.67 bits per heavy atom. The van der Waals surface area contributed by atoms with E-state index in [1.54, 1.807) is 36.4 Å². The Bertz CT molecular complexity index is 1700. The van der Waals surface area contributed by atoms with Crippen LogP contribution in [0.25, 0.3) is 10.9 Å². The second-order valence-electron chi connectivity index (χ2n) is 11.5. The lowest BCUT2D eigenvalue weighted by Gasteiger charge is -2.34. The van der Waals surface area contributed by atoms with Crippen molar-refractivity contribution in [1.29, 1.82) is 0 Å². The number of ketones is 1. The number of sulfonamides is 1. The highest BCUT2D eigenvalue weighted by Crippen LogP contribution is 2.70. The molecule has 2 aromatic carbocycles. The number of para-hydroxylation sites is 1. The minimum atomic E-state index is -4.51. The van der Waals surface area contributed by atoms with Crippen molar-refractivity contribution in [2.45, 2.75) is 57.9 Å². The number of Topliss-reactive ketones (excluding diaryl/α,β-unsaturated/α-hetero) is 1. The zero-order chi connectivity index (χ0) is 28.1. The Kier molecular flexibility index (Phi) is 5.30. The summed E-state index contributed by atoms with van der Waals surface area (Å²) < 4.78 is 29.9. The van der Waals surface area contributed by atoms with Gasteiger partial charge in [0.05, 0.1) is 27.4 Å². The molecule has 3 fully saturated rings. The van der Waals surface area contributed by atoms with Crippen LogP contribution in [0, 0.1) is 23.7 Å². The third-order valence-electron chi connectivity index (χ3n) is 9.43. The summed E-state index contributed by atoms with van der Waals surface area (Å²) in [6.45, 7) is 7.07. The van der Waals surface area contributed by atoms with Gasteiger partial charge in [0.2, 0.25) is 5.91 Å². The van der Waals surface area contributed by atoms with E-state index in [-0.39, 0.29) is 22.3 Å². The average molecular weight is 548 g/mol. The van der Waals surface area contributed by atoms with E-state index in [2.05, 4.69) is 0 Å². The zero-order valence-electron chi connectivity index (χ0n) is 22.2. The van der Waals surface area contributed by atoms with Crippen molar-refractivity contribution in [2.24, 2.45) is 16.7 Å². The second kappa shape index (κ2) is 8.11. The molecule has 1 spiro atoms. The lowest BCUT2D eigenvalue weighted by molar-refractivity contribution is -0.145. The molecule has 6 rings (SSSR count). The van der Waals surface area contributed by atoms with Gasteiger partial charge >= 0.3 is 5.91 Å². The van der Waals surface area contributed by atoms with E-state index in [1.165, 1.54) is 29.8 Å². The van der Waals surface area contributed by atoms with Gasteiger partial charge in [0.1, 0.15) is 0 Å². The number of amides is 2. The number of aryl methyl sites for hydroxylation is 1. The van der Waals surface area contributed by atoms with Crippen LogP contribution in [0.1, 0.15) is 60.7 Å². The molecule has 2 aliphatic carbocycles. The monoisotopic (exact) mass is 547 g/mol. The number of aromatic nitrogens is 1. The first-order valence-corrected chi connectivity index (χ1v) is 14.4. The van der Waals surface area contributed by atoms with Crippen molar-refractivity contribution in [2.75, 3.05) is 0 Å². The topological polar surface area (TPSA) is 114 Å². The smallest absolute Gasteiger partial charge is 0.287 e. The van der Waals surface area contributed by atoms with Crippen molar-refractivity contribution in [3.05, 3.63) is 65.9 Å². The summed E-state index contributed by atoms with van der Waals surface area (Å²) in [5.74, 6) is -2.96. The van der Waals surface area contributed by atoms with E-state index in [1.807, 2.05) is 20.8 Å². The van der Waals surface area contributed by atoms with Crippen molar-refractivity contribution in [3.8, 4) is 0 Å². The second-order valence-corrected chi connectivity index (χ2v) is 13.2. The molecule has 1 aliphatic heterocycles. The fraction of sp³-hybridized carbons (Fsp3) is 0.379. The van der Waals surface area contributed by atoms with E-state index < -0.39 is 44.5 Å². The lowest BCUT2D eigenvalue weighted by atomic mass is 9.68. The van der Waals surface area contributed by atoms with E-state index in [4.69, 9.17) is 0 Å². The molecule has 202 valence electrons. The fourth-order valence-electron chi connectivity index (χ4n) is 7.26. The third-order valence-corrected chi connectivity index (χ3v) is 11.1. The lowest BCUT2D eigenvalue weighted by Crippen LogP contribution is -2.52. The number of carbonyl (C=O) groups is 4. The summed E-state index contributed by atoms with van der Waals surface area (Å²) in [6, 6.07) is 12.0. The number of nitrogens with zero attached hydrogens (tertiary/aromatic N) is 3. The third kappa shape index (κ3) is 3.15. The predicted octanol–water partition coefficient (Wildman–Crippen LogP) is 3.96. The molecule has 3 aliphatic rings. The number of fused-ring (bicyclic) bond motifs is 2. The molecule has 0 radical (unpaired) electrons. The summed E-state index contributed by atoms with van der Waals surface area (Å²) in [5.41, 5.74) is -0.395. The molecule has 2 heterocycles. The van der Waals surface area contributed by atoms with Crippen LogP contribution in [0.3, 0.4) is 0 Å². The van der Waals surface area contributed by atoms with Gasteiger partial charge in [-0.3, -0.25) is 23.7 Å². The maximum Gasteiger partial charge on any atom is 0.314 e. The SMILES string of the molecule is CC(=O)n1cc(C(=O)C(=O)N2C3CC4CCC3(C(=O)N2S(=O)(=O)c2ccc(C)cc2)C4(C)C)c2ccccc21. The standard InChI is InChI=1S/C29H29N3O6S/c1-17-9-11-20(12-10-17)39(37,38)32-27(36)29-14-13-19(28(29,3)4)15-24(29)31(32)26(35)25(34)22-16-30(18(2)33)23-8-6-5-7-21(22)23/h5-12,16,19,24H,13-15H2,1-4H3. The normalized spacial score (nSPS) is 25.4. The minimum Gasteiger partial charge on any atom is -0.287 e. The Labute approximate surface area is 226 Å². The quantitative estimate of drug-likeness (QED) is 0.361. The molecule has 3 unspecified atom stereocenters. The highest BCUT2D eigenvalue weighted by molar-refractivity contribution is 7.89. The van der Waals surface area contributed by atoms with Gasteiger partial charge in [0.15, 0.2) is 0 Å². The van der Waals surface area contributed by atoms with Crippen LogP contribution in [0.15, 0.2) is 59.6 Å². The molecule has 9 nitrogen and oxygen atoms in total. The molecule has 1 saturated heterocycles. The van der Waals surface area contributed by atoms with Gasteiger partial charge in [-0.15, -0.1) is 4.41 Å². The summed E-state index contributed by atoms with van der Waals surface area (Å²) >= 11 is 0. The van der Waals surface area contributed by atoms with Gasteiger partial charge in [0.25, 0.3) is 21.7 Å². The van der Waals surface area contributed by atoms with E-state index in [0.29, 0.717) is 28.2 Å². The van der Waals surface area contributed by atoms with Crippen molar-refractivity contribution < 1.29 is 27.6 Å². The summed E-state index contributed by atoms with van der Waals surface area (Å²) in [5, 5.41) is 1.31. The summed E-state index contributed by atoms with van der Waals surface area (Å²) in [6.07, 6.45) is 2.92. The highest BCUT2D eigenvalue weighted by Gasteiger charge is 2.76. The van der Waals surface area contributed by atoms with Gasteiger partial charge in [-0.25, -0.2) is 5.01 Å². The van der Waals surface area contributed by atoms with Crippen LogP contribution in [0.2, 0.25) is 0 Å². The largest absolute Gasteiger partial charge is 0.314 e. The zero-order valence-corrected chi connectivity index (χ0v) is 23.0. The average Bonchev–Trinajstić information content (AvgIpc) is 3.56. The van der Waals surface area contributed by atoms with E-state index >= 15 is 0 Å². The van der Waals surface area contributed by atoms with Gasteiger partial charge < -0.3 is 0 Å². The molecule has 3 aromatic rings. The first-order chi connectivity index (χ1) is 18.3. The molecule has 2 saturated carbocycles. The van der Waals surface area contributed by atoms with Gasteiger partial charge in [-0.2, -0.15) is 8.42 Å². The maximum absolute atomic E-state index is 14.2. The number of rotatable bonds is 4. The Morgan fingerprint density at radius 1 is 1.00 bits per heavy atom. The highest BCUT2D eigenvalue weighted by atomic mass is 32.2.